The Morgan fingerprint density at radius 1 is 1.50 bits per heavy atom. The van der Waals surface area contributed by atoms with Crippen molar-refractivity contribution >= 4 is 6.29 Å². The third kappa shape index (κ3) is 3.04. The van der Waals surface area contributed by atoms with Gasteiger partial charge in [0.25, 0.3) is 0 Å². The zero-order valence-corrected chi connectivity index (χ0v) is 6.91. The molecule has 0 aliphatic heterocycles. The van der Waals surface area contributed by atoms with E-state index in [0.29, 0.717) is 6.29 Å². The molecule has 6 heteroatoms. The van der Waals surface area contributed by atoms with Crippen LogP contribution in [0.25, 0.3) is 0 Å². The first-order valence-electron chi connectivity index (χ1n) is 3.61. The van der Waals surface area contributed by atoms with Crippen LogP contribution < -0.4 is 4.74 Å². The molecular weight excluding hydrogens is 199 g/mol. The number of hydrogen-bond donors (Lipinski definition) is 0. The van der Waals surface area contributed by atoms with Crippen LogP contribution in [0, 0.1) is 0 Å². The van der Waals surface area contributed by atoms with Gasteiger partial charge in [0.15, 0.2) is 12.9 Å². The number of carbonyl (C=O) groups is 1. The lowest BCUT2D eigenvalue weighted by Gasteiger charge is -2.09. The lowest BCUT2D eigenvalue weighted by atomic mass is 10.3. The smallest absolute Gasteiger partial charge is 0.422 e. The van der Waals surface area contributed by atoms with E-state index >= 15 is 0 Å². The zero-order valence-electron chi connectivity index (χ0n) is 6.91. The number of pyridine rings is 1. The van der Waals surface area contributed by atoms with Crippen molar-refractivity contribution in [3.63, 3.8) is 0 Å². The number of carbonyl (C=O) groups excluding carboxylic acids is 1. The number of aldehydes is 1. The van der Waals surface area contributed by atoms with Crippen LogP contribution in [0.2, 0.25) is 0 Å². The van der Waals surface area contributed by atoms with Crippen LogP contribution in [-0.4, -0.2) is 24.1 Å². The molecule has 0 N–H and O–H groups in total. The molecule has 1 aromatic rings. The Balaban J connectivity index is 2.71. The second-order valence-electron chi connectivity index (χ2n) is 2.44. The van der Waals surface area contributed by atoms with Crippen LogP contribution in [0.4, 0.5) is 13.2 Å². The average Bonchev–Trinajstić information content (AvgIpc) is 2.14. The molecule has 0 saturated heterocycles. The lowest BCUT2D eigenvalue weighted by Crippen LogP contribution is -2.19. The molecule has 0 saturated carbocycles. The van der Waals surface area contributed by atoms with E-state index in [4.69, 9.17) is 0 Å². The molecule has 1 aromatic heterocycles. The summed E-state index contributed by atoms with van der Waals surface area (Å²) in [6.07, 6.45) is -1.64. The van der Waals surface area contributed by atoms with Crippen molar-refractivity contribution < 1.29 is 22.7 Å². The van der Waals surface area contributed by atoms with E-state index in [1.165, 1.54) is 12.3 Å². The SMILES string of the molecule is O=Cc1cnccc1OCC(F)(F)F. The Kier molecular flexibility index (Phi) is 3.06. The van der Waals surface area contributed by atoms with E-state index in [-0.39, 0.29) is 11.3 Å². The van der Waals surface area contributed by atoms with Gasteiger partial charge >= 0.3 is 6.18 Å². The second kappa shape index (κ2) is 4.08. The molecule has 0 bridgehead atoms. The normalized spacial score (nSPS) is 11.1. The molecule has 1 rings (SSSR count). The maximum Gasteiger partial charge on any atom is 0.422 e. The van der Waals surface area contributed by atoms with E-state index in [0.717, 1.165) is 6.20 Å². The van der Waals surface area contributed by atoms with Gasteiger partial charge in [-0.05, 0) is 6.07 Å². The molecule has 76 valence electrons. The van der Waals surface area contributed by atoms with Crippen LogP contribution in [0.1, 0.15) is 10.4 Å². The molecular formula is C8H6F3NO2. The average molecular weight is 205 g/mol. The van der Waals surface area contributed by atoms with Gasteiger partial charge in [0.2, 0.25) is 0 Å². The van der Waals surface area contributed by atoms with Crippen molar-refractivity contribution in [3.05, 3.63) is 24.0 Å². The zero-order chi connectivity index (χ0) is 10.6. The van der Waals surface area contributed by atoms with E-state index < -0.39 is 12.8 Å². The number of hydrogen-bond acceptors (Lipinski definition) is 3. The number of nitrogens with zero attached hydrogens (tertiary/aromatic N) is 1. The third-order valence-corrected chi connectivity index (χ3v) is 1.33. The predicted octanol–water partition coefficient (Wildman–Crippen LogP) is 1.84. The highest BCUT2D eigenvalue weighted by Crippen LogP contribution is 2.19. The number of ether oxygens (including phenoxy) is 1. The van der Waals surface area contributed by atoms with Crippen molar-refractivity contribution in [2.24, 2.45) is 0 Å². The Hall–Kier alpha value is -1.59. The fraction of sp³-hybridized carbons (Fsp3) is 0.250. The summed E-state index contributed by atoms with van der Waals surface area (Å²) in [5, 5.41) is 0. The number of halogens is 3. The molecule has 0 radical (unpaired) electrons. The molecule has 0 aromatic carbocycles. The maximum atomic E-state index is 11.7. The fourth-order valence-electron chi connectivity index (χ4n) is 0.773. The quantitative estimate of drug-likeness (QED) is 0.706. The Bertz CT molecular complexity index is 325. The third-order valence-electron chi connectivity index (χ3n) is 1.33. The molecule has 3 nitrogen and oxygen atoms in total. The summed E-state index contributed by atoms with van der Waals surface area (Å²) in [6.45, 7) is -1.42. The first kappa shape index (κ1) is 10.5. The van der Waals surface area contributed by atoms with Crippen LogP contribution in [0.15, 0.2) is 18.5 Å². The molecule has 0 aliphatic rings. The minimum atomic E-state index is -4.41. The van der Waals surface area contributed by atoms with Gasteiger partial charge in [-0.25, -0.2) is 0 Å². The van der Waals surface area contributed by atoms with E-state index in [9.17, 15) is 18.0 Å². The maximum absolute atomic E-state index is 11.7. The highest BCUT2D eigenvalue weighted by molar-refractivity contribution is 5.78. The molecule has 0 fully saturated rings. The van der Waals surface area contributed by atoms with Gasteiger partial charge in [-0.1, -0.05) is 0 Å². The van der Waals surface area contributed by atoms with Crippen molar-refractivity contribution in [1.29, 1.82) is 0 Å². The number of alkyl halides is 3. The minimum Gasteiger partial charge on any atom is -0.483 e. The minimum absolute atomic E-state index is 0.00301. The van der Waals surface area contributed by atoms with Gasteiger partial charge in [-0.15, -0.1) is 0 Å². The first-order chi connectivity index (χ1) is 6.53. The van der Waals surface area contributed by atoms with Crippen molar-refractivity contribution in [2.75, 3.05) is 6.61 Å². The summed E-state index contributed by atoms with van der Waals surface area (Å²) in [5.41, 5.74) is -0.00301. The standard InChI is InChI=1S/C8H6F3NO2/c9-8(10,11)5-14-7-1-2-12-3-6(7)4-13/h1-4H,5H2. The lowest BCUT2D eigenvalue weighted by molar-refractivity contribution is -0.153. The number of aromatic nitrogens is 1. The van der Waals surface area contributed by atoms with Gasteiger partial charge in [-0.2, -0.15) is 13.2 Å². The molecule has 0 amide bonds. The fourth-order valence-corrected chi connectivity index (χ4v) is 0.773. The van der Waals surface area contributed by atoms with Crippen molar-refractivity contribution in [2.45, 2.75) is 6.18 Å². The molecule has 0 spiro atoms. The Labute approximate surface area is 77.5 Å². The summed E-state index contributed by atoms with van der Waals surface area (Å²) in [4.78, 5) is 13.9. The molecule has 14 heavy (non-hydrogen) atoms. The monoisotopic (exact) mass is 205 g/mol. The molecule has 0 atom stereocenters. The van der Waals surface area contributed by atoms with Crippen molar-refractivity contribution in [1.82, 2.24) is 4.98 Å². The number of rotatable bonds is 3. The molecule has 0 unspecified atom stereocenters. The van der Waals surface area contributed by atoms with Crippen LogP contribution in [0.5, 0.6) is 5.75 Å². The highest BCUT2D eigenvalue weighted by Gasteiger charge is 2.28. The highest BCUT2D eigenvalue weighted by atomic mass is 19.4. The van der Waals surface area contributed by atoms with Crippen LogP contribution in [-0.2, 0) is 0 Å². The van der Waals surface area contributed by atoms with Gasteiger partial charge < -0.3 is 4.74 Å². The summed E-state index contributed by atoms with van der Waals surface area (Å²) in [7, 11) is 0. The van der Waals surface area contributed by atoms with E-state index in [1.807, 2.05) is 0 Å². The van der Waals surface area contributed by atoms with Crippen LogP contribution in [0.3, 0.4) is 0 Å². The van der Waals surface area contributed by atoms with Gasteiger partial charge in [0.05, 0.1) is 5.56 Å². The van der Waals surface area contributed by atoms with Crippen LogP contribution >= 0.6 is 0 Å². The Morgan fingerprint density at radius 2 is 2.21 bits per heavy atom. The van der Waals surface area contributed by atoms with Gasteiger partial charge in [-0.3, -0.25) is 9.78 Å². The first-order valence-corrected chi connectivity index (χ1v) is 3.61. The molecule has 1 heterocycles. The summed E-state index contributed by atoms with van der Waals surface area (Å²) in [5.74, 6) is -0.118. The summed E-state index contributed by atoms with van der Waals surface area (Å²) >= 11 is 0. The summed E-state index contributed by atoms with van der Waals surface area (Å²) < 4.78 is 39.6. The van der Waals surface area contributed by atoms with E-state index in [2.05, 4.69) is 9.72 Å². The largest absolute Gasteiger partial charge is 0.483 e. The van der Waals surface area contributed by atoms with Crippen molar-refractivity contribution in [3.8, 4) is 5.75 Å². The predicted molar refractivity (Wildman–Crippen MR) is 41.2 cm³/mol. The van der Waals surface area contributed by atoms with Gasteiger partial charge in [0, 0.05) is 12.4 Å². The Morgan fingerprint density at radius 3 is 2.79 bits per heavy atom. The topological polar surface area (TPSA) is 39.2 Å². The van der Waals surface area contributed by atoms with Gasteiger partial charge in [0.1, 0.15) is 5.75 Å². The second-order valence-corrected chi connectivity index (χ2v) is 2.44. The van der Waals surface area contributed by atoms with E-state index in [1.54, 1.807) is 0 Å². The summed E-state index contributed by atoms with van der Waals surface area (Å²) in [6, 6.07) is 1.20. The molecule has 0 aliphatic carbocycles.